The van der Waals surface area contributed by atoms with Gasteiger partial charge in [-0.25, -0.2) is 0 Å². The van der Waals surface area contributed by atoms with E-state index in [9.17, 15) is 0 Å². The summed E-state index contributed by atoms with van der Waals surface area (Å²) in [6, 6.07) is 11.9. The lowest BCUT2D eigenvalue weighted by Crippen LogP contribution is -2.44. The zero-order chi connectivity index (χ0) is 22.3. The number of likely N-dealkylation sites (N-methyl/N-ethyl adjacent to an activating group) is 1. The third kappa shape index (κ3) is 6.25. The molecule has 1 saturated heterocycles. The van der Waals surface area contributed by atoms with Gasteiger partial charge < -0.3 is 15.1 Å². The molecule has 32 heavy (non-hydrogen) atoms. The summed E-state index contributed by atoms with van der Waals surface area (Å²) in [5, 5.41) is 12.6. The first-order valence-corrected chi connectivity index (χ1v) is 11.7. The van der Waals surface area contributed by atoms with Gasteiger partial charge in [0.2, 0.25) is 0 Å². The molecule has 0 aliphatic carbocycles. The molecule has 0 atom stereocenters. The van der Waals surface area contributed by atoms with Crippen molar-refractivity contribution in [3.63, 3.8) is 0 Å². The van der Waals surface area contributed by atoms with Crippen molar-refractivity contribution in [2.75, 3.05) is 45.1 Å². The molecular formula is C25H31ClN6. The molecule has 0 saturated carbocycles. The second kappa shape index (κ2) is 10.9. The van der Waals surface area contributed by atoms with Gasteiger partial charge in [0.05, 0.1) is 17.6 Å². The Labute approximate surface area is 195 Å². The number of nitrogens with zero attached hydrogens (tertiary/aromatic N) is 5. The summed E-state index contributed by atoms with van der Waals surface area (Å²) in [7, 11) is 2.20. The zero-order valence-corrected chi connectivity index (χ0v) is 19.6. The summed E-state index contributed by atoms with van der Waals surface area (Å²) in [5.41, 5.74) is 5.92. The Morgan fingerprint density at radius 3 is 2.69 bits per heavy atom. The number of rotatable bonds is 8. The molecule has 7 heteroatoms. The standard InChI is InChI=1S/C25H31ClN6/c1-19-6-7-20(26)15-24(19)25-17-23(18-28-30-25)29-22-8-9-27-21(16-22)5-3-4-10-32-13-11-31(2)12-14-32/h6-9,15-18H,3-5,10-14H2,1-2H3,(H,27,29,30). The maximum atomic E-state index is 6.18. The zero-order valence-electron chi connectivity index (χ0n) is 18.9. The molecule has 1 fully saturated rings. The molecule has 168 valence electrons. The predicted octanol–water partition coefficient (Wildman–Crippen LogP) is 4.81. The van der Waals surface area contributed by atoms with Crippen molar-refractivity contribution in [1.29, 1.82) is 0 Å². The van der Waals surface area contributed by atoms with Crippen LogP contribution in [0.3, 0.4) is 0 Å². The molecular weight excluding hydrogens is 420 g/mol. The Morgan fingerprint density at radius 1 is 1.00 bits per heavy atom. The number of unbranched alkanes of at least 4 members (excludes halogenated alkanes) is 1. The maximum absolute atomic E-state index is 6.18. The quantitative estimate of drug-likeness (QED) is 0.497. The van der Waals surface area contributed by atoms with Crippen LogP contribution in [0.5, 0.6) is 0 Å². The highest BCUT2D eigenvalue weighted by Gasteiger charge is 2.13. The number of benzene rings is 1. The van der Waals surface area contributed by atoms with Crippen molar-refractivity contribution in [2.45, 2.75) is 26.2 Å². The van der Waals surface area contributed by atoms with Crippen molar-refractivity contribution in [3.8, 4) is 11.3 Å². The average molecular weight is 451 g/mol. The lowest BCUT2D eigenvalue weighted by molar-refractivity contribution is 0.152. The van der Waals surface area contributed by atoms with Crippen molar-refractivity contribution in [3.05, 3.63) is 65.1 Å². The molecule has 0 radical (unpaired) electrons. The number of piperazine rings is 1. The number of aryl methyl sites for hydroxylation is 2. The first kappa shape index (κ1) is 22.6. The summed E-state index contributed by atoms with van der Waals surface area (Å²) in [6.45, 7) is 7.96. The Kier molecular flexibility index (Phi) is 7.68. The van der Waals surface area contributed by atoms with Gasteiger partial charge in [0.25, 0.3) is 0 Å². The smallest absolute Gasteiger partial charge is 0.0953 e. The van der Waals surface area contributed by atoms with Crippen LogP contribution in [0.15, 0.2) is 48.8 Å². The Hall–Kier alpha value is -2.54. The first-order chi connectivity index (χ1) is 15.6. The van der Waals surface area contributed by atoms with Crippen molar-refractivity contribution in [1.82, 2.24) is 25.0 Å². The molecule has 0 unspecified atom stereocenters. The van der Waals surface area contributed by atoms with Gasteiger partial charge in [0.15, 0.2) is 0 Å². The summed E-state index contributed by atoms with van der Waals surface area (Å²) < 4.78 is 0. The molecule has 4 rings (SSSR count). The highest BCUT2D eigenvalue weighted by atomic mass is 35.5. The normalized spacial score (nSPS) is 15.1. The van der Waals surface area contributed by atoms with Crippen LogP contribution in [-0.2, 0) is 6.42 Å². The molecule has 3 heterocycles. The van der Waals surface area contributed by atoms with Crippen molar-refractivity contribution >= 4 is 23.0 Å². The minimum absolute atomic E-state index is 0.692. The van der Waals surface area contributed by atoms with E-state index in [0.29, 0.717) is 5.02 Å². The SMILES string of the molecule is Cc1ccc(Cl)cc1-c1cc(Nc2ccnc(CCCCN3CCN(C)CC3)c2)cnn1. The largest absolute Gasteiger partial charge is 0.354 e. The van der Waals surface area contributed by atoms with Gasteiger partial charge in [-0.1, -0.05) is 17.7 Å². The summed E-state index contributed by atoms with van der Waals surface area (Å²) in [5.74, 6) is 0. The molecule has 1 aliphatic heterocycles. The van der Waals surface area contributed by atoms with Crippen LogP contribution >= 0.6 is 11.6 Å². The lowest BCUT2D eigenvalue weighted by Gasteiger charge is -2.32. The number of halogens is 1. The fraction of sp³-hybridized carbons (Fsp3) is 0.400. The van der Waals surface area contributed by atoms with Crippen LogP contribution in [-0.4, -0.2) is 64.8 Å². The van der Waals surface area contributed by atoms with E-state index in [4.69, 9.17) is 11.6 Å². The number of anilines is 2. The van der Waals surface area contributed by atoms with Crippen LogP contribution in [0.2, 0.25) is 5.02 Å². The predicted molar refractivity (Wildman–Crippen MR) is 132 cm³/mol. The monoisotopic (exact) mass is 450 g/mol. The van der Waals surface area contributed by atoms with Crippen LogP contribution in [0.25, 0.3) is 11.3 Å². The highest BCUT2D eigenvalue weighted by Crippen LogP contribution is 2.27. The van der Waals surface area contributed by atoms with Crippen LogP contribution in [0.4, 0.5) is 11.4 Å². The van der Waals surface area contributed by atoms with Crippen LogP contribution in [0, 0.1) is 6.92 Å². The van der Waals surface area contributed by atoms with E-state index < -0.39 is 0 Å². The van der Waals surface area contributed by atoms with E-state index in [1.54, 1.807) is 6.20 Å². The number of hydrogen-bond donors (Lipinski definition) is 1. The van der Waals surface area contributed by atoms with E-state index in [-0.39, 0.29) is 0 Å². The summed E-state index contributed by atoms with van der Waals surface area (Å²) in [4.78, 5) is 9.53. The fourth-order valence-corrected chi connectivity index (χ4v) is 4.18. The minimum atomic E-state index is 0.692. The Balaban J connectivity index is 1.33. The molecule has 2 aromatic heterocycles. The Bertz CT molecular complexity index is 1030. The molecule has 6 nitrogen and oxygen atoms in total. The van der Waals surface area contributed by atoms with Crippen LogP contribution in [0.1, 0.15) is 24.1 Å². The minimum Gasteiger partial charge on any atom is -0.354 e. The second-order valence-corrected chi connectivity index (χ2v) is 8.99. The van der Waals surface area contributed by atoms with E-state index in [1.807, 2.05) is 43.5 Å². The molecule has 0 bridgehead atoms. The molecule has 1 aromatic carbocycles. The molecule has 1 aliphatic rings. The summed E-state index contributed by atoms with van der Waals surface area (Å²) >= 11 is 6.18. The van der Waals surface area contributed by atoms with Gasteiger partial charge in [-0.15, -0.1) is 0 Å². The number of hydrogen-bond acceptors (Lipinski definition) is 6. The van der Waals surface area contributed by atoms with Crippen molar-refractivity contribution < 1.29 is 0 Å². The van der Waals surface area contributed by atoms with Gasteiger partial charge >= 0.3 is 0 Å². The highest BCUT2D eigenvalue weighted by molar-refractivity contribution is 6.30. The molecule has 1 N–H and O–H groups in total. The second-order valence-electron chi connectivity index (χ2n) is 8.55. The fourth-order valence-electron chi connectivity index (χ4n) is 4.01. The van der Waals surface area contributed by atoms with Gasteiger partial charge in [-0.2, -0.15) is 10.2 Å². The Morgan fingerprint density at radius 2 is 1.84 bits per heavy atom. The van der Waals surface area contributed by atoms with Gasteiger partial charge in [0.1, 0.15) is 0 Å². The molecule has 0 spiro atoms. The number of pyridine rings is 1. The van der Waals surface area contributed by atoms with Gasteiger partial charge in [0, 0.05) is 54.3 Å². The van der Waals surface area contributed by atoms with Crippen LogP contribution < -0.4 is 5.32 Å². The van der Waals surface area contributed by atoms with E-state index >= 15 is 0 Å². The van der Waals surface area contributed by atoms with E-state index in [2.05, 4.69) is 43.4 Å². The van der Waals surface area contributed by atoms with Gasteiger partial charge in [-0.05, 0) is 75.7 Å². The number of nitrogens with one attached hydrogen (secondary N) is 1. The third-order valence-corrected chi connectivity index (χ3v) is 6.22. The van der Waals surface area contributed by atoms with E-state index in [0.717, 1.165) is 46.7 Å². The molecule has 0 amide bonds. The van der Waals surface area contributed by atoms with Crippen molar-refractivity contribution in [2.24, 2.45) is 0 Å². The third-order valence-electron chi connectivity index (χ3n) is 5.99. The number of aromatic nitrogens is 3. The maximum Gasteiger partial charge on any atom is 0.0953 e. The topological polar surface area (TPSA) is 57.2 Å². The van der Waals surface area contributed by atoms with E-state index in [1.165, 1.54) is 39.1 Å². The lowest BCUT2D eigenvalue weighted by atomic mass is 10.1. The van der Waals surface area contributed by atoms with Gasteiger partial charge in [-0.3, -0.25) is 4.98 Å². The average Bonchev–Trinajstić information content (AvgIpc) is 2.80. The first-order valence-electron chi connectivity index (χ1n) is 11.3. The summed E-state index contributed by atoms with van der Waals surface area (Å²) in [6.07, 6.45) is 6.95. The molecule has 3 aromatic rings.